The second-order valence-electron chi connectivity index (χ2n) is 8.44. The van der Waals surface area contributed by atoms with Crippen LogP contribution in [0.2, 0.25) is 0 Å². The third-order valence-electron chi connectivity index (χ3n) is 6.34. The van der Waals surface area contributed by atoms with E-state index in [0.29, 0.717) is 37.5 Å². The van der Waals surface area contributed by atoms with Crippen LogP contribution >= 0.6 is 0 Å². The fourth-order valence-corrected chi connectivity index (χ4v) is 4.49. The van der Waals surface area contributed by atoms with Gasteiger partial charge in [-0.25, -0.2) is 0 Å². The van der Waals surface area contributed by atoms with E-state index in [0.717, 1.165) is 34.9 Å². The number of rotatable bonds is 6. The summed E-state index contributed by atoms with van der Waals surface area (Å²) in [7, 11) is 0. The molecule has 0 aliphatic carbocycles. The van der Waals surface area contributed by atoms with Gasteiger partial charge in [-0.1, -0.05) is 42.5 Å². The largest absolute Gasteiger partial charge is 0.467 e. The number of amides is 2. The number of furan rings is 1. The average Bonchev–Trinajstić information content (AvgIpc) is 3.55. The number of likely N-dealkylation sites (tertiary alicyclic amines) is 1. The number of carbonyl (C=O) groups excluding carboxylic acids is 2. The Morgan fingerprint density at radius 1 is 1.06 bits per heavy atom. The van der Waals surface area contributed by atoms with Crippen LogP contribution in [0.1, 0.15) is 46.3 Å². The van der Waals surface area contributed by atoms with E-state index in [1.807, 2.05) is 41.3 Å². The van der Waals surface area contributed by atoms with E-state index in [1.54, 1.807) is 12.3 Å². The van der Waals surface area contributed by atoms with Crippen molar-refractivity contribution in [3.05, 3.63) is 89.6 Å². The summed E-state index contributed by atoms with van der Waals surface area (Å²) < 4.78 is 5.23. The van der Waals surface area contributed by atoms with Crippen molar-refractivity contribution in [3.8, 4) is 0 Å². The van der Waals surface area contributed by atoms with E-state index >= 15 is 0 Å². The molecule has 2 amide bonds. The average molecular weight is 443 g/mol. The summed E-state index contributed by atoms with van der Waals surface area (Å²) in [5.74, 6) is 0.870. The van der Waals surface area contributed by atoms with Crippen molar-refractivity contribution in [1.82, 2.24) is 20.4 Å². The van der Waals surface area contributed by atoms with E-state index in [1.165, 1.54) is 0 Å². The molecule has 5 rings (SSSR count). The zero-order valence-corrected chi connectivity index (χ0v) is 18.3. The lowest BCUT2D eigenvalue weighted by atomic mass is 9.93. The summed E-state index contributed by atoms with van der Waals surface area (Å²) in [6.07, 6.45) is 3.68. The molecule has 1 fully saturated rings. The molecule has 2 aromatic heterocycles. The molecule has 0 saturated carbocycles. The highest BCUT2D eigenvalue weighted by Crippen LogP contribution is 2.28. The van der Waals surface area contributed by atoms with Gasteiger partial charge in [0, 0.05) is 24.7 Å². The van der Waals surface area contributed by atoms with E-state index < -0.39 is 0 Å². The molecule has 7 nitrogen and oxygen atoms in total. The minimum absolute atomic E-state index is 0.160. The smallest absolute Gasteiger partial charge is 0.272 e. The molecule has 168 valence electrons. The maximum atomic E-state index is 13.0. The van der Waals surface area contributed by atoms with Crippen LogP contribution in [-0.2, 0) is 17.8 Å². The number of nitrogens with one attached hydrogen (secondary N) is 2. The van der Waals surface area contributed by atoms with E-state index in [9.17, 15) is 9.59 Å². The zero-order chi connectivity index (χ0) is 22.6. The van der Waals surface area contributed by atoms with Crippen molar-refractivity contribution >= 4 is 22.6 Å². The molecular formula is C26H26N4O3. The molecule has 0 bridgehead atoms. The third-order valence-corrected chi connectivity index (χ3v) is 6.34. The number of piperidine rings is 1. The number of hydrogen-bond acceptors (Lipinski definition) is 4. The van der Waals surface area contributed by atoms with Gasteiger partial charge in [0.15, 0.2) is 0 Å². The molecule has 3 heterocycles. The fourth-order valence-electron chi connectivity index (χ4n) is 4.49. The van der Waals surface area contributed by atoms with Gasteiger partial charge >= 0.3 is 0 Å². The Labute approximate surface area is 191 Å². The summed E-state index contributed by atoms with van der Waals surface area (Å²) >= 11 is 0. The first kappa shape index (κ1) is 21.0. The lowest BCUT2D eigenvalue weighted by Gasteiger charge is -2.31. The molecule has 33 heavy (non-hydrogen) atoms. The van der Waals surface area contributed by atoms with Crippen molar-refractivity contribution in [2.45, 2.75) is 31.7 Å². The van der Waals surface area contributed by atoms with Crippen LogP contribution in [0.5, 0.6) is 0 Å². The van der Waals surface area contributed by atoms with Crippen LogP contribution in [-0.4, -0.2) is 40.0 Å². The maximum Gasteiger partial charge on any atom is 0.272 e. The Morgan fingerprint density at radius 2 is 1.88 bits per heavy atom. The van der Waals surface area contributed by atoms with Gasteiger partial charge in [-0.15, -0.1) is 0 Å². The summed E-state index contributed by atoms with van der Waals surface area (Å²) in [6, 6.07) is 19.7. The number of H-pyrrole nitrogens is 1. The minimum Gasteiger partial charge on any atom is -0.467 e. The van der Waals surface area contributed by atoms with E-state index in [2.05, 4.69) is 33.7 Å². The van der Waals surface area contributed by atoms with Gasteiger partial charge in [-0.2, -0.15) is 5.10 Å². The number of benzene rings is 2. The van der Waals surface area contributed by atoms with Crippen LogP contribution in [0.3, 0.4) is 0 Å². The molecule has 1 aliphatic rings. The van der Waals surface area contributed by atoms with Crippen molar-refractivity contribution in [1.29, 1.82) is 0 Å². The predicted molar refractivity (Wildman–Crippen MR) is 125 cm³/mol. The molecule has 2 N–H and O–H groups in total. The number of nitrogens with zero attached hydrogens (tertiary/aromatic N) is 2. The highest BCUT2D eigenvalue weighted by molar-refractivity contribution is 5.92. The van der Waals surface area contributed by atoms with Crippen LogP contribution in [0.25, 0.3) is 10.8 Å². The first-order valence-corrected chi connectivity index (χ1v) is 11.3. The Kier molecular flexibility index (Phi) is 5.93. The quantitative estimate of drug-likeness (QED) is 0.472. The minimum atomic E-state index is -0.239. The summed E-state index contributed by atoms with van der Waals surface area (Å²) in [5, 5.41) is 12.3. The third kappa shape index (κ3) is 4.67. The number of fused-ring (bicyclic) bond motifs is 1. The Bertz CT molecular complexity index is 1250. The number of hydrogen-bond donors (Lipinski definition) is 2. The number of aromatic nitrogens is 2. The first-order valence-electron chi connectivity index (χ1n) is 11.3. The monoisotopic (exact) mass is 442 g/mol. The van der Waals surface area contributed by atoms with Crippen LogP contribution < -0.4 is 5.32 Å². The lowest BCUT2D eigenvalue weighted by Crippen LogP contribution is -2.38. The summed E-state index contributed by atoms with van der Waals surface area (Å²) in [6.45, 7) is 1.73. The molecule has 7 heteroatoms. The lowest BCUT2D eigenvalue weighted by molar-refractivity contribution is -0.131. The maximum absolute atomic E-state index is 13.0. The SMILES string of the molecule is O=C(NCc1ccco1)c1cc(C2CCN(C(=O)Cc3cccc4ccccc34)CC2)[nH]n1. The van der Waals surface area contributed by atoms with Gasteiger partial charge in [0.2, 0.25) is 5.91 Å². The van der Waals surface area contributed by atoms with Gasteiger partial charge in [0.05, 0.1) is 19.2 Å². The Morgan fingerprint density at radius 3 is 2.70 bits per heavy atom. The standard InChI is InChI=1S/C26H26N4O3/c31-25(15-20-7-3-6-18-5-1-2-9-22(18)20)30-12-10-19(11-13-30)23-16-24(29-28-23)26(32)27-17-21-8-4-14-33-21/h1-9,14,16,19H,10-13,15,17H2,(H,27,32)(H,28,29). The van der Waals surface area contributed by atoms with Gasteiger partial charge in [-0.3, -0.25) is 14.7 Å². The summed E-state index contributed by atoms with van der Waals surface area (Å²) in [5.41, 5.74) is 2.38. The second kappa shape index (κ2) is 9.32. The van der Waals surface area contributed by atoms with Gasteiger partial charge in [-0.05, 0) is 47.4 Å². The molecule has 1 saturated heterocycles. The number of carbonyl (C=O) groups is 2. The molecule has 0 atom stereocenters. The molecule has 1 aliphatic heterocycles. The highest BCUT2D eigenvalue weighted by Gasteiger charge is 2.26. The Balaban J connectivity index is 1.16. The van der Waals surface area contributed by atoms with Gasteiger partial charge in [0.1, 0.15) is 11.5 Å². The molecule has 0 spiro atoms. The van der Waals surface area contributed by atoms with Gasteiger partial charge < -0.3 is 14.6 Å². The van der Waals surface area contributed by atoms with Crippen molar-refractivity contribution in [3.63, 3.8) is 0 Å². The van der Waals surface area contributed by atoms with Crippen LogP contribution in [0.15, 0.2) is 71.3 Å². The molecule has 2 aromatic carbocycles. The van der Waals surface area contributed by atoms with Gasteiger partial charge in [0.25, 0.3) is 5.91 Å². The Hall–Kier alpha value is -3.87. The van der Waals surface area contributed by atoms with Crippen molar-refractivity contribution in [2.75, 3.05) is 13.1 Å². The van der Waals surface area contributed by atoms with Crippen molar-refractivity contribution < 1.29 is 14.0 Å². The van der Waals surface area contributed by atoms with Crippen LogP contribution in [0, 0.1) is 0 Å². The molecule has 0 radical (unpaired) electrons. The molecular weight excluding hydrogens is 416 g/mol. The highest BCUT2D eigenvalue weighted by atomic mass is 16.3. The number of aromatic amines is 1. The molecule has 0 unspecified atom stereocenters. The fraction of sp³-hybridized carbons (Fsp3) is 0.269. The van der Waals surface area contributed by atoms with E-state index in [4.69, 9.17) is 4.42 Å². The van der Waals surface area contributed by atoms with E-state index in [-0.39, 0.29) is 17.7 Å². The zero-order valence-electron chi connectivity index (χ0n) is 18.3. The topological polar surface area (TPSA) is 91.2 Å². The second-order valence-corrected chi connectivity index (χ2v) is 8.44. The normalized spacial score (nSPS) is 14.5. The first-order chi connectivity index (χ1) is 16.2. The van der Waals surface area contributed by atoms with Crippen molar-refractivity contribution in [2.24, 2.45) is 0 Å². The molecule has 4 aromatic rings. The summed E-state index contributed by atoms with van der Waals surface area (Å²) in [4.78, 5) is 27.3. The predicted octanol–water partition coefficient (Wildman–Crippen LogP) is 4.03. The van der Waals surface area contributed by atoms with Crippen LogP contribution in [0.4, 0.5) is 0 Å².